The highest BCUT2D eigenvalue weighted by molar-refractivity contribution is 6.17. The standard InChI is InChI=1S/C54H34N2O/c1-3-15-39(16-4-1)55-49-26-11-8-21-46(49)53-41(22-14-27-50(53)55)37-31-36(35-29-30-52-47(34-35)44-20-9-12-28-51(44)57-52)32-38(33-37)42-23-13-24-45-43-19-7-10-25-48(43)56(54(42)45)40-17-5-2-6-18-40/h1-34H. The second-order valence-electron chi connectivity index (χ2n) is 14.9. The SMILES string of the molecule is c1ccc(-n2c3ccccc3c3c(-c4cc(-c5ccc6oc7ccccc7c6c5)cc(-c5cccc6c7ccccc7n(-c7ccccc7)c56)c4)cccc32)cc1. The number of para-hydroxylation sites is 6. The van der Waals surface area contributed by atoms with E-state index in [9.17, 15) is 0 Å². The van der Waals surface area contributed by atoms with E-state index in [0.29, 0.717) is 0 Å². The maximum absolute atomic E-state index is 6.28. The van der Waals surface area contributed by atoms with Crippen molar-refractivity contribution >= 4 is 65.6 Å². The summed E-state index contributed by atoms with van der Waals surface area (Å²) in [4.78, 5) is 0. The first kappa shape index (κ1) is 31.7. The Labute approximate surface area is 328 Å². The molecule has 0 unspecified atom stereocenters. The minimum atomic E-state index is 0.895. The normalized spacial score (nSPS) is 11.9. The molecule has 3 heterocycles. The van der Waals surface area contributed by atoms with Gasteiger partial charge in [0.05, 0.1) is 22.1 Å². The molecule has 0 aliphatic heterocycles. The van der Waals surface area contributed by atoms with E-state index in [-0.39, 0.29) is 0 Å². The minimum Gasteiger partial charge on any atom is -0.456 e. The van der Waals surface area contributed by atoms with E-state index in [4.69, 9.17) is 4.42 Å². The molecule has 0 aliphatic rings. The van der Waals surface area contributed by atoms with Crippen LogP contribution in [0.2, 0.25) is 0 Å². The van der Waals surface area contributed by atoms with Crippen LogP contribution >= 0.6 is 0 Å². The van der Waals surface area contributed by atoms with Gasteiger partial charge in [-0.2, -0.15) is 0 Å². The molecule has 266 valence electrons. The summed E-state index contributed by atoms with van der Waals surface area (Å²) in [6.45, 7) is 0. The number of fused-ring (bicyclic) bond motifs is 9. The smallest absolute Gasteiger partial charge is 0.135 e. The molecule has 0 fully saturated rings. The quantitative estimate of drug-likeness (QED) is 0.173. The summed E-state index contributed by atoms with van der Waals surface area (Å²) in [5.41, 5.74) is 15.9. The fourth-order valence-electron chi connectivity index (χ4n) is 9.22. The molecule has 3 aromatic heterocycles. The van der Waals surface area contributed by atoms with Crippen molar-refractivity contribution in [1.82, 2.24) is 9.13 Å². The Morgan fingerprint density at radius 2 is 0.842 bits per heavy atom. The van der Waals surface area contributed by atoms with Gasteiger partial charge >= 0.3 is 0 Å². The van der Waals surface area contributed by atoms with Gasteiger partial charge in [-0.3, -0.25) is 0 Å². The number of hydrogen-bond donors (Lipinski definition) is 0. The molecule has 0 aliphatic carbocycles. The van der Waals surface area contributed by atoms with Crippen LogP contribution in [0.25, 0.3) is 110 Å². The fraction of sp³-hybridized carbons (Fsp3) is 0. The van der Waals surface area contributed by atoms with Crippen LogP contribution in [0.4, 0.5) is 0 Å². The van der Waals surface area contributed by atoms with Gasteiger partial charge in [0, 0.05) is 49.3 Å². The van der Waals surface area contributed by atoms with Crippen LogP contribution in [-0.4, -0.2) is 9.13 Å². The number of nitrogens with zero attached hydrogens (tertiary/aromatic N) is 2. The molecule has 57 heavy (non-hydrogen) atoms. The topological polar surface area (TPSA) is 23.0 Å². The Hall–Kier alpha value is -7.62. The van der Waals surface area contributed by atoms with E-state index in [2.05, 4.69) is 203 Å². The molecule has 0 spiro atoms. The van der Waals surface area contributed by atoms with Gasteiger partial charge in [-0.1, -0.05) is 127 Å². The average molecular weight is 727 g/mol. The summed E-state index contributed by atoms with van der Waals surface area (Å²) in [5, 5.41) is 7.20. The van der Waals surface area contributed by atoms with Gasteiger partial charge in [0.1, 0.15) is 11.2 Å². The van der Waals surface area contributed by atoms with Gasteiger partial charge in [0.25, 0.3) is 0 Å². The van der Waals surface area contributed by atoms with Gasteiger partial charge in [0.2, 0.25) is 0 Å². The fourth-order valence-corrected chi connectivity index (χ4v) is 9.22. The van der Waals surface area contributed by atoms with Crippen LogP contribution in [0.15, 0.2) is 211 Å². The highest BCUT2D eigenvalue weighted by atomic mass is 16.3. The first-order chi connectivity index (χ1) is 28.3. The summed E-state index contributed by atoms with van der Waals surface area (Å²) in [6.07, 6.45) is 0. The van der Waals surface area contributed by atoms with Crippen LogP contribution in [0, 0.1) is 0 Å². The number of furan rings is 1. The van der Waals surface area contributed by atoms with E-state index in [1.807, 2.05) is 12.1 Å². The van der Waals surface area contributed by atoms with Crippen LogP contribution in [-0.2, 0) is 0 Å². The van der Waals surface area contributed by atoms with Crippen molar-refractivity contribution in [2.24, 2.45) is 0 Å². The molecule has 12 aromatic rings. The molecule has 12 rings (SSSR count). The molecular weight excluding hydrogens is 693 g/mol. The lowest BCUT2D eigenvalue weighted by molar-refractivity contribution is 0.669. The van der Waals surface area contributed by atoms with Gasteiger partial charge in [-0.25, -0.2) is 0 Å². The molecule has 0 saturated carbocycles. The molecule has 9 aromatic carbocycles. The summed E-state index contributed by atoms with van der Waals surface area (Å²) < 4.78 is 11.1. The van der Waals surface area contributed by atoms with E-state index in [1.54, 1.807) is 0 Å². The maximum atomic E-state index is 6.28. The molecule has 0 atom stereocenters. The summed E-state index contributed by atoms with van der Waals surface area (Å²) in [6, 6.07) is 74.7. The van der Waals surface area contributed by atoms with E-state index in [0.717, 1.165) is 50.0 Å². The molecular formula is C54H34N2O. The monoisotopic (exact) mass is 726 g/mol. The second kappa shape index (κ2) is 12.5. The minimum absolute atomic E-state index is 0.895. The lowest BCUT2D eigenvalue weighted by Gasteiger charge is -2.15. The summed E-state index contributed by atoms with van der Waals surface area (Å²) in [7, 11) is 0. The predicted molar refractivity (Wildman–Crippen MR) is 239 cm³/mol. The summed E-state index contributed by atoms with van der Waals surface area (Å²) in [5.74, 6) is 0. The Bertz CT molecular complexity index is 3510. The van der Waals surface area contributed by atoms with Crippen molar-refractivity contribution < 1.29 is 4.42 Å². The molecule has 0 saturated heterocycles. The van der Waals surface area contributed by atoms with Gasteiger partial charge in [-0.05, 0) is 107 Å². The van der Waals surface area contributed by atoms with Crippen LogP contribution < -0.4 is 0 Å². The highest BCUT2D eigenvalue weighted by Crippen LogP contribution is 2.44. The lowest BCUT2D eigenvalue weighted by Crippen LogP contribution is -1.95. The largest absolute Gasteiger partial charge is 0.456 e. The van der Waals surface area contributed by atoms with Gasteiger partial charge in [-0.15, -0.1) is 0 Å². The van der Waals surface area contributed by atoms with Gasteiger partial charge < -0.3 is 13.6 Å². The van der Waals surface area contributed by atoms with Gasteiger partial charge in [0.15, 0.2) is 0 Å². The molecule has 0 N–H and O–H groups in total. The third kappa shape index (κ3) is 4.86. The van der Waals surface area contributed by atoms with Crippen LogP contribution in [0.3, 0.4) is 0 Å². The molecule has 0 radical (unpaired) electrons. The summed E-state index contributed by atoms with van der Waals surface area (Å²) >= 11 is 0. The Morgan fingerprint density at radius 1 is 0.298 bits per heavy atom. The lowest BCUT2D eigenvalue weighted by atomic mass is 9.90. The Balaban J connectivity index is 1.18. The van der Waals surface area contributed by atoms with Crippen LogP contribution in [0.1, 0.15) is 0 Å². The molecule has 0 amide bonds. The second-order valence-corrected chi connectivity index (χ2v) is 14.9. The Morgan fingerprint density at radius 3 is 1.63 bits per heavy atom. The molecule has 0 bridgehead atoms. The van der Waals surface area contributed by atoms with Crippen LogP contribution in [0.5, 0.6) is 0 Å². The van der Waals surface area contributed by atoms with Crippen molar-refractivity contribution in [3.63, 3.8) is 0 Å². The predicted octanol–water partition coefficient (Wildman–Crippen LogP) is 14.8. The zero-order chi connectivity index (χ0) is 37.5. The third-order valence-corrected chi connectivity index (χ3v) is 11.7. The number of hydrogen-bond acceptors (Lipinski definition) is 1. The number of benzene rings is 9. The zero-order valence-corrected chi connectivity index (χ0v) is 30.9. The van der Waals surface area contributed by atoms with E-state index >= 15 is 0 Å². The van der Waals surface area contributed by atoms with Crippen molar-refractivity contribution in [2.75, 3.05) is 0 Å². The number of rotatable bonds is 5. The Kier molecular flexibility index (Phi) is 6.93. The average Bonchev–Trinajstić information content (AvgIpc) is 3.94. The van der Waals surface area contributed by atoms with Crippen molar-refractivity contribution in [1.29, 1.82) is 0 Å². The highest BCUT2D eigenvalue weighted by Gasteiger charge is 2.20. The molecule has 3 nitrogen and oxygen atoms in total. The van der Waals surface area contributed by atoms with Crippen molar-refractivity contribution in [3.8, 4) is 44.8 Å². The molecule has 3 heteroatoms. The van der Waals surface area contributed by atoms with E-state index < -0.39 is 0 Å². The van der Waals surface area contributed by atoms with Crippen molar-refractivity contribution in [2.45, 2.75) is 0 Å². The van der Waals surface area contributed by atoms with Crippen molar-refractivity contribution in [3.05, 3.63) is 206 Å². The first-order valence-corrected chi connectivity index (χ1v) is 19.5. The first-order valence-electron chi connectivity index (χ1n) is 19.5. The zero-order valence-electron chi connectivity index (χ0n) is 30.9. The third-order valence-electron chi connectivity index (χ3n) is 11.7. The maximum Gasteiger partial charge on any atom is 0.135 e. The number of aromatic nitrogens is 2. The van der Waals surface area contributed by atoms with E-state index in [1.165, 1.54) is 60.3 Å².